The van der Waals surface area contributed by atoms with Crippen LogP contribution >= 0.6 is 0 Å². The number of hydrogen-bond donors (Lipinski definition) is 0. The molecule has 6 rings (SSSR count). The van der Waals surface area contributed by atoms with Crippen molar-refractivity contribution in [1.82, 2.24) is 14.5 Å². The van der Waals surface area contributed by atoms with Crippen molar-refractivity contribution < 1.29 is 9.21 Å². The zero-order valence-corrected chi connectivity index (χ0v) is 24.3. The van der Waals surface area contributed by atoms with Crippen LogP contribution in [-0.2, 0) is 11.3 Å². The van der Waals surface area contributed by atoms with Crippen LogP contribution in [0.25, 0.3) is 16.6 Å². The second-order valence-corrected chi connectivity index (χ2v) is 10.7. The largest absolute Gasteiger partial charge is 0.467 e. The number of carbonyl (C=O) groups is 1. The van der Waals surface area contributed by atoms with Crippen molar-refractivity contribution in [3.05, 3.63) is 166 Å². The first kappa shape index (κ1) is 27.9. The van der Waals surface area contributed by atoms with E-state index in [1.807, 2.05) is 134 Å². The quantitative estimate of drug-likeness (QED) is 0.180. The van der Waals surface area contributed by atoms with Gasteiger partial charge in [-0.15, -0.1) is 0 Å². The van der Waals surface area contributed by atoms with Gasteiger partial charge in [0.05, 0.1) is 41.4 Å². The van der Waals surface area contributed by atoms with Crippen molar-refractivity contribution in [2.75, 3.05) is 0 Å². The fourth-order valence-corrected chi connectivity index (χ4v) is 5.71. The van der Waals surface area contributed by atoms with Gasteiger partial charge in [-0.05, 0) is 60.9 Å². The molecule has 0 aliphatic carbocycles. The van der Waals surface area contributed by atoms with E-state index in [9.17, 15) is 9.59 Å². The van der Waals surface area contributed by atoms with Gasteiger partial charge in [-0.2, -0.15) is 0 Å². The molecule has 0 aliphatic rings. The minimum atomic E-state index is -0.564. The maximum Gasteiger partial charge on any atom is 0.266 e. The first-order valence-corrected chi connectivity index (χ1v) is 14.6. The summed E-state index contributed by atoms with van der Waals surface area (Å²) in [4.78, 5) is 36.0. The highest BCUT2D eigenvalue weighted by atomic mass is 16.3. The minimum absolute atomic E-state index is 0.0986. The number of fused-ring (bicyclic) bond motifs is 1. The van der Waals surface area contributed by atoms with Crippen LogP contribution in [0.1, 0.15) is 53.6 Å². The number of amides is 1. The second-order valence-electron chi connectivity index (χ2n) is 10.7. The maximum absolute atomic E-state index is 15.0. The molecule has 1 atom stereocenters. The molecule has 4 aromatic carbocycles. The lowest BCUT2D eigenvalue weighted by Crippen LogP contribution is -2.40. The Hall–Kier alpha value is -5.23. The number of aryl methyl sites for hydroxylation is 1. The molecule has 0 fully saturated rings. The van der Waals surface area contributed by atoms with Gasteiger partial charge in [-0.3, -0.25) is 14.2 Å². The summed E-state index contributed by atoms with van der Waals surface area (Å²) in [7, 11) is 0. The average Bonchev–Trinajstić information content (AvgIpc) is 3.56. The highest BCUT2D eigenvalue weighted by molar-refractivity contribution is 5.87. The molecule has 43 heavy (non-hydrogen) atoms. The third-order valence-corrected chi connectivity index (χ3v) is 7.86. The highest BCUT2D eigenvalue weighted by Crippen LogP contribution is 2.34. The van der Waals surface area contributed by atoms with Crippen LogP contribution in [0.2, 0.25) is 0 Å². The van der Waals surface area contributed by atoms with E-state index in [0.29, 0.717) is 34.6 Å². The summed E-state index contributed by atoms with van der Waals surface area (Å²) < 4.78 is 7.44. The van der Waals surface area contributed by atoms with Crippen LogP contribution < -0.4 is 5.56 Å². The predicted octanol–water partition coefficient (Wildman–Crippen LogP) is 7.60. The van der Waals surface area contributed by atoms with Crippen molar-refractivity contribution in [3.8, 4) is 5.69 Å². The Labute approximate surface area is 250 Å². The molecular weight excluding hydrogens is 534 g/mol. The molecule has 2 heterocycles. The normalized spacial score (nSPS) is 12.0. The standard InChI is InChI=1S/C37H33N3O3/c1-3-33(35-38-32-19-11-10-18-31(32)36(41)40(35)29-22-20-26(2)21-23-29)39(25-30-17-12-24-43-30)37(42)34(27-13-6-4-7-14-27)28-15-8-5-9-16-28/h4-24,33-34H,3,25H2,1-2H3. The zero-order chi connectivity index (χ0) is 29.8. The van der Waals surface area contributed by atoms with Crippen molar-refractivity contribution in [3.63, 3.8) is 0 Å². The van der Waals surface area contributed by atoms with E-state index in [0.717, 1.165) is 16.7 Å². The Morgan fingerprint density at radius 1 is 0.814 bits per heavy atom. The molecule has 1 unspecified atom stereocenters. The van der Waals surface area contributed by atoms with Crippen molar-refractivity contribution in [1.29, 1.82) is 0 Å². The smallest absolute Gasteiger partial charge is 0.266 e. The van der Waals surface area contributed by atoms with Crippen LogP contribution in [0.4, 0.5) is 0 Å². The molecule has 6 nitrogen and oxygen atoms in total. The van der Waals surface area contributed by atoms with Crippen LogP contribution in [0.5, 0.6) is 0 Å². The van der Waals surface area contributed by atoms with Gasteiger partial charge >= 0.3 is 0 Å². The Balaban J connectivity index is 1.57. The Kier molecular flexibility index (Phi) is 8.01. The summed E-state index contributed by atoms with van der Waals surface area (Å²) in [6.45, 7) is 4.25. The fraction of sp³-hybridized carbons (Fsp3) is 0.162. The molecule has 1 amide bonds. The predicted molar refractivity (Wildman–Crippen MR) is 169 cm³/mol. The summed E-state index contributed by atoms with van der Waals surface area (Å²) in [5, 5.41) is 0.525. The number of nitrogens with zero attached hydrogens (tertiary/aromatic N) is 3. The van der Waals surface area contributed by atoms with Crippen LogP contribution in [0.15, 0.2) is 137 Å². The Bertz CT molecular complexity index is 1840. The Morgan fingerprint density at radius 3 is 2.05 bits per heavy atom. The lowest BCUT2D eigenvalue weighted by atomic mass is 9.89. The lowest BCUT2D eigenvalue weighted by molar-refractivity contribution is -0.135. The molecule has 2 aromatic heterocycles. The molecule has 0 N–H and O–H groups in total. The number of benzene rings is 4. The number of hydrogen-bond acceptors (Lipinski definition) is 4. The molecule has 0 saturated heterocycles. The van der Waals surface area contributed by atoms with Crippen LogP contribution in [0, 0.1) is 6.92 Å². The third-order valence-electron chi connectivity index (χ3n) is 7.86. The molecule has 0 aliphatic heterocycles. The van der Waals surface area contributed by atoms with Crippen molar-refractivity contribution in [2.45, 2.75) is 38.8 Å². The summed E-state index contributed by atoms with van der Waals surface area (Å²) in [6, 6.07) is 38.0. The second kappa shape index (κ2) is 12.3. The van der Waals surface area contributed by atoms with E-state index in [-0.39, 0.29) is 18.0 Å². The van der Waals surface area contributed by atoms with Gasteiger partial charge in [0.25, 0.3) is 5.56 Å². The van der Waals surface area contributed by atoms with Gasteiger partial charge in [-0.25, -0.2) is 4.98 Å². The zero-order valence-electron chi connectivity index (χ0n) is 24.3. The summed E-state index contributed by atoms with van der Waals surface area (Å²) in [5.41, 5.74) is 3.99. The third kappa shape index (κ3) is 5.64. The molecule has 0 saturated carbocycles. The van der Waals surface area contributed by atoms with E-state index in [1.165, 1.54) is 0 Å². The summed E-state index contributed by atoms with van der Waals surface area (Å²) in [6.07, 6.45) is 2.14. The molecular formula is C37H33N3O3. The average molecular weight is 568 g/mol. The van der Waals surface area contributed by atoms with Gasteiger partial charge in [0.2, 0.25) is 5.91 Å². The van der Waals surface area contributed by atoms with E-state index < -0.39 is 12.0 Å². The number of carbonyl (C=O) groups excluding carboxylic acids is 1. The fourth-order valence-electron chi connectivity index (χ4n) is 5.71. The lowest BCUT2D eigenvalue weighted by Gasteiger charge is -2.34. The van der Waals surface area contributed by atoms with Gasteiger partial charge in [0.15, 0.2) is 0 Å². The number of aromatic nitrogens is 2. The SMILES string of the molecule is CCC(c1nc2ccccc2c(=O)n1-c1ccc(C)cc1)N(Cc1ccco1)C(=O)C(c1ccccc1)c1ccccc1. The van der Waals surface area contributed by atoms with Gasteiger partial charge in [0, 0.05) is 0 Å². The van der Waals surface area contributed by atoms with E-state index >= 15 is 0 Å². The summed E-state index contributed by atoms with van der Waals surface area (Å²) in [5.74, 6) is 0.497. The van der Waals surface area contributed by atoms with Crippen molar-refractivity contribution >= 4 is 16.8 Å². The van der Waals surface area contributed by atoms with Gasteiger partial charge in [-0.1, -0.05) is 97.4 Å². The van der Waals surface area contributed by atoms with E-state index in [2.05, 4.69) is 0 Å². The first-order chi connectivity index (χ1) is 21.0. The molecule has 0 spiro atoms. The minimum Gasteiger partial charge on any atom is -0.467 e. The highest BCUT2D eigenvalue weighted by Gasteiger charge is 2.35. The van der Waals surface area contributed by atoms with Crippen LogP contribution in [-0.4, -0.2) is 20.4 Å². The summed E-state index contributed by atoms with van der Waals surface area (Å²) >= 11 is 0. The van der Waals surface area contributed by atoms with E-state index in [1.54, 1.807) is 16.9 Å². The van der Waals surface area contributed by atoms with Crippen LogP contribution in [0.3, 0.4) is 0 Å². The van der Waals surface area contributed by atoms with Gasteiger partial charge < -0.3 is 9.32 Å². The maximum atomic E-state index is 15.0. The number of furan rings is 1. The number of rotatable bonds is 9. The molecule has 0 radical (unpaired) electrons. The monoisotopic (exact) mass is 567 g/mol. The Morgan fingerprint density at radius 2 is 1.44 bits per heavy atom. The number of para-hydroxylation sites is 1. The molecule has 6 heteroatoms. The molecule has 6 aromatic rings. The molecule has 0 bridgehead atoms. The van der Waals surface area contributed by atoms with E-state index in [4.69, 9.17) is 9.40 Å². The topological polar surface area (TPSA) is 68.3 Å². The van der Waals surface area contributed by atoms with Gasteiger partial charge in [0.1, 0.15) is 11.6 Å². The van der Waals surface area contributed by atoms with Crippen molar-refractivity contribution in [2.24, 2.45) is 0 Å². The molecule has 214 valence electrons. The first-order valence-electron chi connectivity index (χ1n) is 14.6.